The lowest BCUT2D eigenvalue weighted by Crippen LogP contribution is -2.17. The lowest BCUT2D eigenvalue weighted by Gasteiger charge is -2.18. The summed E-state index contributed by atoms with van der Waals surface area (Å²) < 4.78 is 5.34. The third-order valence-corrected chi connectivity index (χ3v) is 3.29. The fourth-order valence-electron chi connectivity index (χ4n) is 2.27. The Morgan fingerprint density at radius 3 is 2.42 bits per heavy atom. The Morgan fingerprint density at radius 2 is 1.84 bits per heavy atom. The summed E-state index contributed by atoms with van der Waals surface area (Å²) in [5, 5.41) is 0. The third-order valence-electron chi connectivity index (χ3n) is 3.29. The lowest BCUT2D eigenvalue weighted by molar-refractivity contribution is 0.411. The van der Waals surface area contributed by atoms with Crippen LogP contribution in [0.2, 0.25) is 0 Å². The average Bonchev–Trinajstić information content (AvgIpc) is 2.44. The standard InChI is InChI=1S/C15H19N3O/c1-10-8-14(19-3)11(2)7-12(10)13(9-16)15-17-5-4-6-18-15/h4-8,13H,9,16H2,1-3H3. The molecule has 4 heteroatoms. The highest BCUT2D eigenvalue weighted by Crippen LogP contribution is 2.29. The van der Waals surface area contributed by atoms with Gasteiger partial charge < -0.3 is 10.5 Å². The number of aromatic nitrogens is 2. The molecular formula is C15H19N3O. The predicted molar refractivity (Wildman–Crippen MR) is 75.4 cm³/mol. The minimum Gasteiger partial charge on any atom is -0.496 e. The first kappa shape index (κ1) is 13.5. The van der Waals surface area contributed by atoms with Gasteiger partial charge in [-0.3, -0.25) is 0 Å². The van der Waals surface area contributed by atoms with Crippen LogP contribution < -0.4 is 10.5 Å². The van der Waals surface area contributed by atoms with E-state index in [0.29, 0.717) is 6.54 Å². The first-order chi connectivity index (χ1) is 9.17. The number of ether oxygens (including phenoxy) is 1. The van der Waals surface area contributed by atoms with Gasteiger partial charge in [0.2, 0.25) is 0 Å². The Bertz CT molecular complexity index is 555. The average molecular weight is 257 g/mol. The van der Waals surface area contributed by atoms with E-state index in [1.54, 1.807) is 19.5 Å². The molecule has 0 saturated carbocycles. The summed E-state index contributed by atoms with van der Waals surface area (Å²) in [7, 11) is 1.68. The second kappa shape index (κ2) is 5.80. The summed E-state index contributed by atoms with van der Waals surface area (Å²) in [6, 6.07) is 5.96. The van der Waals surface area contributed by atoms with Gasteiger partial charge >= 0.3 is 0 Å². The zero-order valence-corrected chi connectivity index (χ0v) is 11.6. The zero-order chi connectivity index (χ0) is 13.8. The smallest absolute Gasteiger partial charge is 0.136 e. The van der Waals surface area contributed by atoms with Crippen molar-refractivity contribution in [2.24, 2.45) is 5.73 Å². The molecule has 1 atom stereocenters. The van der Waals surface area contributed by atoms with Crippen molar-refractivity contribution in [2.75, 3.05) is 13.7 Å². The Morgan fingerprint density at radius 1 is 1.16 bits per heavy atom. The van der Waals surface area contributed by atoms with Crippen molar-refractivity contribution in [3.05, 3.63) is 53.1 Å². The van der Waals surface area contributed by atoms with E-state index >= 15 is 0 Å². The molecule has 2 rings (SSSR count). The Labute approximate surface area is 113 Å². The summed E-state index contributed by atoms with van der Waals surface area (Å²) in [4.78, 5) is 8.63. The Balaban J connectivity index is 2.47. The summed E-state index contributed by atoms with van der Waals surface area (Å²) in [5.41, 5.74) is 9.31. The van der Waals surface area contributed by atoms with Crippen LogP contribution in [-0.2, 0) is 0 Å². The van der Waals surface area contributed by atoms with Crippen LogP contribution in [0.1, 0.15) is 28.4 Å². The number of hydrogen-bond acceptors (Lipinski definition) is 4. The number of nitrogens with two attached hydrogens (primary N) is 1. The molecule has 0 bridgehead atoms. The van der Waals surface area contributed by atoms with Crippen molar-refractivity contribution in [1.29, 1.82) is 0 Å². The van der Waals surface area contributed by atoms with Crippen molar-refractivity contribution < 1.29 is 4.74 Å². The van der Waals surface area contributed by atoms with Crippen LogP contribution in [0.25, 0.3) is 0 Å². The molecule has 1 aromatic heterocycles. The maximum absolute atomic E-state index is 5.92. The lowest BCUT2D eigenvalue weighted by atomic mass is 9.92. The largest absolute Gasteiger partial charge is 0.496 e. The quantitative estimate of drug-likeness (QED) is 0.912. The van der Waals surface area contributed by atoms with Gasteiger partial charge in [-0.15, -0.1) is 0 Å². The van der Waals surface area contributed by atoms with Crippen molar-refractivity contribution in [3.63, 3.8) is 0 Å². The molecule has 0 spiro atoms. The molecule has 1 aromatic carbocycles. The minimum atomic E-state index is 0.0193. The summed E-state index contributed by atoms with van der Waals surface area (Å²) in [6.07, 6.45) is 3.49. The molecule has 0 aliphatic carbocycles. The minimum absolute atomic E-state index is 0.0193. The van der Waals surface area contributed by atoms with Gasteiger partial charge in [-0.2, -0.15) is 0 Å². The second-order valence-corrected chi connectivity index (χ2v) is 4.57. The molecule has 2 N–H and O–H groups in total. The van der Waals surface area contributed by atoms with Gasteiger partial charge in [-0.1, -0.05) is 6.07 Å². The van der Waals surface area contributed by atoms with Crippen LogP contribution in [0.3, 0.4) is 0 Å². The molecule has 0 fully saturated rings. The molecular weight excluding hydrogens is 238 g/mol. The highest BCUT2D eigenvalue weighted by Gasteiger charge is 2.18. The van der Waals surface area contributed by atoms with Gasteiger partial charge in [0.1, 0.15) is 11.6 Å². The molecule has 0 saturated heterocycles. The third kappa shape index (κ3) is 2.74. The fourth-order valence-corrected chi connectivity index (χ4v) is 2.27. The van der Waals surface area contributed by atoms with Crippen molar-refractivity contribution in [3.8, 4) is 5.75 Å². The van der Waals surface area contributed by atoms with Crippen LogP contribution >= 0.6 is 0 Å². The molecule has 100 valence electrons. The summed E-state index contributed by atoms with van der Waals surface area (Å²) in [6.45, 7) is 4.57. The Hall–Kier alpha value is -1.94. The molecule has 0 aliphatic rings. The van der Waals surface area contributed by atoms with Crippen molar-refractivity contribution in [2.45, 2.75) is 19.8 Å². The van der Waals surface area contributed by atoms with Crippen LogP contribution in [0, 0.1) is 13.8 Å². The van der Waals surface area contributed by atoms with Gasteiger partial charge in [0, 0.05) is 18.9 Å². The zero-order valence-electron chi connectivity index (χ0n) is 11.6. The molecule has 0 amide bonds. The number of nitrogens with zero attached hydrogens (tertiary/aromatic N) is 2. The van der Waals surface area contributed by atoms with Gasteiger partial charge in [-0.25, -0.2) is 9.97 Å². The maximum atomic E-state index is 5.92. The molecule has 0 radical (unpaired) electrons. The number of methoxy groups -OCH3 is 1. The van der Waals surface area contributed by atoms with E-state index in [1.165, 1.54) is 0 Å². The van der Waals surface area contributed by atoms with Crippen LogP contribution in [0.4, 0.5) is 0 Å². The van der Waals surface area contributed by atoms with Crippen LogP contribution in [0.15, 0.2) is 30.6 Å². The van der Waals surface area contributed by atoms with Gasteiger partial charge in [0.25, 0.3) is 0 Å². The van der Waals surface area contributed by atoms with Crippen LogP contribution in [-0.4, -0.2) is 23.6 Å². The number of hydrogen-bond donors (Lipinski definition) is 1. The van der Waals surface area contributed by atoms with E-state index in [9.17, 15) is 0 Å². The molecule has 1 heterocycles. The number of rotatable bonds is 4. The van der Waals surface area contributed by atoms with E-state index in [1.807, 2.05) is 19.1 Å². The predicted octanol–water partition coefficient (Wildman–Crippen LogP) is 2.19. The maximum Gasteiger partial charge on any atom is 0.136 e. The second-order valence-electron chi connectivity index (χ2n) is 4.57. The van der Waals surface area contributed by atoms with E-state index in [-0.39, 0.29) is 5.92 Å². The van der Waals surface area contributed by atoms with E-state index in [4.69, 9.17) is 10.5 Å². The first-order valence-electron chi connectivity index (χ1n) is 6.29. The SMILES string of the molecule is COc1cc(C)c(C(CN)c2ncccn2)cc1C. The van der Waals surface area contributed by atoms with Gasteiger partial charge in [-0.05, 0) is 42.7 Å². The number of benzene rings is 1. The van der Waals surface area contributed by atoms with Crippen molar-refractivity contribution >= 4 is 0 Å². The van der Waals surface area contributed by atoms with E-state index in [0.717, 1.165) is 28.3 Å². The molecule has 1 unspecified atom stereocenters. The van der Waals surface area contributed by atoms with E-state index < -0.39 is 0 Å². The first-order valence-corrected chi connectivity index (χ1v) is 6.29. The highest BCUT2D eigenvalue weighted by molar-refractivity contribution is 5.44. The normalized spacial score (nSPS) is 12.2. The van der Waals surface area contributed by atoms with Gasteiger partial charge in [0.15, 0.2) is 0 Å². The fraction of sp³-hybridized carbons (Fsp3) is 0.333. The monoisotopic (exact) mass is 257 g/mol. The molecule has 0 aliphatic heterocycles. The van der Waals surface area contributed by atoms with Crippen LogP contribution in [0.5, 0.6) is 5.75 Å². The summed E-state index contributed by atoms with van der Waals surface area (Å²) in [5.74, 6) is 1.68. The summed E-state index contributed by atoms with van der Waals surface area (Å²) >= 11 is 0. The topological polar surface area (TPSA) is 61.0 Å². The van der Waals surface area contributed by atoms with Gasteiger partial charge in [0.05, 0.1) is 13.0 Å². The van der Waals surface area contributed by atoms with Crippen molar-refractivity contribution in [1.82, 2.24) is 9.97 Å². The molecule has 4 nitrogen and oxygen atoms in total. The number of aryl methyl sites for hydroxylation is 2. The Kier molecular flexibility index (Phi) is 4.12. The van der Waals surface area contributed by atoms with E-state index in [2.05, 4.69) is 23.0 Å². The highest BCUT2D eigenvalue weighted by atomic mass is 16.5. The molecule has 19 heavy (non-hydrogen) atoms. The molecule has 2 aromatic rings.